The molecule has 2 heteroatoms. The van der Waals surface area contributed by atoms with E-state index in [-0.39, 0.29) is 5.79 Å². The Hall–Kier alpha value is -0.340. The normalized spacial score (nSPS) is 42.4. The number of hydrogen-bond acceptors (Lipinski definition) is 2. The highest BCUT2D eigenvalue weighted by Gasteiger charge is 2.64. The second-order valence-corrected chi connectivity index (χ2v) is 8.06. The van der Waals surface area contributed by atoms with Gasteiger partial charge >= 0.3 is 0 Å². The summed E-state index contributed by atoms with van der Waals surface area (Å²) in [5.74, 6) is 0.880. The molecule has 2 spiro atoms. The standard InChI is InChI=1S/C18H30O2/c1-13(2)15-6-7-16(4,5)17(12-15)8-9-18(14(17)3)19-10-11-20-18/h14-15H,1,6-12H2,2-5H3/t14?,15-,17+/m0/s1. The summed E-state index contributed by atoms with van der Waals surface area (Å²) in [6.07, 6.45) is 6.17. The first-order valence-corrected chi connectivity index (χ1v) is 8.26. The highest BCUT2D eigenvalue weighted by Crippen LogP contribution is 2.67. The Labute approximate surface area is 123 Å². The van der Waals surface area contributed by atoms with Crippen molar-refractivity contribution in [2.45, 2.75) is 65.6 Å². The monoisotopic (exact) mass is 278 g/mol. The number of rotatable bonds is 1. The van der Waals surface area contributed by atoms with E-state index in [1.807, 2.05) is 0 Å². The van der Waals surface area contributed by atoms with E-state index >= 15 is 0 Å². The Morgan fingerprint density at radius 2 is 1.75 bits per heavy atom. The van der Waals surface area contributed by atoms with Gasteiger partial charge in [-0.2, -0.15) is 0 Å². The third-order valence-electron chi connectivity index (χ3n) is 6.96. The van der Waals surface area contributed by atoms with E-state index < -0.39 is 0 Å². The van der Waals surface area contributed by atoms with Crippen LogP contribution in [0.5, 0.6) is 0 Å². The summed E-state index contributed by atoms with van der Waals surface area (Å²) >= 11 is 0. The van der Waals surface area contributed by atoms with Crippen LogP contribution in [0.1, 0.15) is 59.8 Å². The second-order valence-electron chi connectivity index (χ2n) is 8.06. The van der Waals surface area contributed by atoms with E-state index in [2.05, 4.69) is 34.3 Å². The van der Waals surface area contributed by atoms with Gasteiger partial charge in [0.05, 0.1) is 13.2 Å². The number of hydrogen-bond donors (Lipinski definition) is 0. The largest absolute Gasteiger partial charge is 0.347 e. The molecule has 2 saturated carbocycles. The highest BCUT2D eigenvalue weighted by molar-refractivity contribution is 5.13. The molecule has 2 aliphatic carbocycles. The van der Waals surface area contributed by atoms with Crippen molar-refractivity contribution in [1.29, 1.82) is 0 Å². The zero-order valence-electron chi connectivity index (χ0n) is 13.6. The van der Waals surface area contributed by atoms with Crippen LogP contribution in [-0.2, 0) is 9.47 Å². The smallest absolute Gasteiger partial charge is 0.171 e. The van der Waals surface area contributed by atoms with E-state index in [0.29, 0.717) is 22.7 Å². The highest BCUT2D eigenvalue weighted by atomic mass is 16.7. The molecule has 3 atom stereocenters. The fourth-order valence-corrected chi connectivity index (χ4v) is 5.34. The van der Waals surface area contributed by atoms with Gasteiger partial charge < -0.3 is 9.47 Å². The van der Waals surface area contributed by atoms with Gasteiger partial charge in [-0.3, -0.25) is 0 Å². The van der Waals surface area contributed by atoms with Gasteiger partial charge in [0.25, 0.3) is 0 Å². The first-order chi connectivity index (χ1) is 9.33. The van der Waals surface area contributed by atoms with Gasteiger partial charge in [0, 0.05) is 12.3 Å². The maximum absolute atomic E-state index is 6.09. The minimum atomic E-state index is -0.283. The lowest BCUT2D eigenvalue weighted by atomic mass is 9.51. The first-order valence-electron chi connectivity index (χ1n) is 8.26. The summed E-state index contributed by atoms with van der Waals surface area (Å²) in [6, 6.07) is 0. The minimum Gasteiger partial charge on any atom is -0.347 e. The van der Waals surface area contributed by atoms with Gasteiger partial charge in [-0.05, 0) is 49.4 Å². The molecule has 2 nitrogen and oxygen atoms in total. The quantitative estimate of drug-likeness (QED) is 0.655. The molecule has 3 rings (SSSR count). The molecule has 1 unspecified atom stereocenters. The molecule has 0 radical (unpaired) electrons. The third-order valence-corrected chi connectivity index (χ3v) is 6.96. The van der Waals surface area contributed by atoms with Crippen LogP contribution in [0.25, 0.3) is 0 Å². The van der Waals surface area contributed by atoms with Crippen molar-refractivity contribution in [3.8, 4) is 0 Å². The minimum absolute atomic E-state index is 0.283. The first kappa shape index (κ1) is 14.6. The van der Waals surface area contributed by atoms with Crippen LogP contribution >= 0.6 is 0 Å². The van der Waals surface area contributed by atoms with E-state index in [0.717, 1.165) is 19.6 Å². The van der Waals surface area contributed by atoms with Crippen LogP contribution in [0.2, 0.25) is 0 Å². The number of allylic oxidation sites excluding steroid dienone is 1. The molecule has 1 saturated heterocycles. The Kier molecular flexibility index (Phi) is 3.34. The molecular formula is C18H30O2. The van der Waals surface area contributed by atoms with Crippen LogP contribution in [0.15, 0.2) is 12.2 Å². The van der Waals surface area contributed by atoms with Gasteiger partial charge in [-0.25, -0.2) is 0 Å². The Morgan fingerprint density at radius 1 is 1.10 bits per heavy atom. The SMILES string of the molecule is C=C(C)[C@H]1CCC(C)(C)[C@]2(CCC3(OCCO3)C2C)C1. The predicted octanol–water partition coefficient (Wildman–Crippen LogP) is 4.55. The molecule has 0 amide bonds. The predicted molar refractivity (Wildman–Crippen MR) is 81.4 cm³/mol. The molecule has 1 heterocycles. The molecular weight excluding hydrogens is 248 g/mol. The third kappa shape index (κ3) is 1.84. The molecule has 0 aromatic carbocycles. The average Bonchev–Trinajstić information content (AvgIpc) is 2.95. The molecule has 20 heavy (non-hydrogen) atoms. The lowest BCUT2D eigenvalue weighted by Crippen LogP contribution is -2.50. The van der Waals surface area contributed by atoms with Crippen LogP contribution in [-0.4, -0.2) is 19.0 Å². The molecule has 0 aromatic heterocycles. The maximum Gasteiger partial charge on any atom is 0.171 e. The molecule has 0 aromatic rings. The second kappa shape index (κ2) is 4.58. The van der Waals surface area contributed by atoms with E-state index in [9.17, 15) is 0 Å². The van der Waals surface area contributed by atoms with Crippen molar-refractivity contribution in [2.24, 2.45) is 22.7 Å². The van der Waals surface area contributed by atoms with Crippen molar-refractivity contribution >= 4 is 0 Å². The topological polar surface area (TPSA) is 18.5 Å². The van der Waals surface area contributed by atoms with Gasteiger partial charge in [0.1, 0.15) is 0 Å². The molecule has 3 fully saturated rings. The summed E-state index contributed by atoms with van der Waals surface area (Å²) in [5.41, 5.74) is 2.08. The molecule has 114 valence electrons. The van der Waals surface area contributed by atoms with Crippen LogP contribution < -0.4 is 0 Å². The van der Waals surface area contributed by atoms with E-state index in [4.69, 9.17) is 9.47 Å². The van der Waals surface area contributed by atoms with E-state index in [1.54, 1.807) is 0 Å². The maximum atomic E-state index is 6.09. The van der Waals surface area contributed by atoms with Gasteiger partial charge in [0.15, 0.2) is 5.79 Å². The molecule has 1 aliphatic heterocycles. The fraction of sp³-hybridized carbons (Fsp3) is 0.889. The summed E-state index contributed by atoms with van der Waals surface area (Å²) < 4.78 is 12.2. The van der Waals surface area contributed by atoms with Crippen molar-refractivity contribution < 1.29 is 9.47 Å². The zero-order chi connectivity index (χ0) is 14.6. The Morgan fingerprint density at radius 3 is 2.35 bits per heavy atom. The van der Waals surface area contributed by atoms with Crippen LogP contribution in [0.3, 0.4) is 0 Å². The van der Waals surface area contributed by atoms with Gasteiger partial charge in [-0.1, -0.05) is 32.9 Å². The lowest BCUT2D eigenvalue weighted by molar-refractivity contribution is -0.204. The summed E-state index contributed by atoms with van der Waals surface area (Å²) in [5, 5.41) is 0. The van der Waals surface area contributed by atoms with Gasteiger partial charge in [-0.15, -0.1) is 0 Å². The summed E-state index contributed by atoms with van der Waals surface area (Å²) in [4.78, 5) is 0. The van der Waals surface area contributed by atoms with E-state index in [1.165, 1.54) is 31.3 Å². The van der Waals surface area contributed by atoms with Gasteiger partial charge in [0.2, 0.25) is 0 Å². The molecule has 3 aliphatic rings. The Bertz CT molecular complexity index is 406. The van der Waals surface area contributed by atoms with Crippen molar-refractivity contribution in [3.63, 3.8) is 0 Å². The van der Waals surface area contributed by atoms with Crippen molar-refractivity contribution in [3.05, 3.63) is 12.2 Å². The Balaban J connectivity index is 1.94. The van der Waals surface area contributed by atoms with Crippen LogP contribution in [0.4, 0.5) is 0 Å². The average molecular weight is 278 g/mol. The van der Waals surface area contributed by atoms with Crippen molar-refractivity contribution in [2.75, 3.05) is 13.2 Å². The molecule has 0 bridgehead atoms. The summed E-state index contributed by atoms with van der Waals surface area (Å²) in [7, 11) is 0. The number of ether oxygens (including phenoxy) is 2. The fourth-order valence-electron chi connectivity index (χ4n) is 5.34. The zero-order valence-corrected chi connectivity index (χ0v) is 13.6. The molecule has 0 N–H and O–H groups in total. The lowest BCUT2D eigenvalue weighted by Gasteiger charge is -2.54. The van der Waals surface area contributed by atoms with Crippen molar-refractivity contribution in [1.82, 2.24) is 0 Å². The summed E-state index contributed by atoms with van der Waals surface area (Å²) in [6.45, 7) is 15.3. The van der Waals surface area contributed by atoms with Crippen LogP contribution in [0, 0.1) is 22.7 Å².